The Morgan fingerprint density at radius 2 is 1.70 bits per heavy atom. The summed E-state index contributed by atoms with van der Waals surface area (Å²) in [5.74, 6) is -2.29. The van der Waals surface area contributed by atoms with Gasteiger partial charge in [-0.3, -0.25) is 9.59 Å². The molecular formula is C22H15Cl6N3O2. The molecule has 2 atom stereocenters. The molecule has 5 nitrogen and oxygen atoms in total. The van der Waals surface area contributed by atoms with Crippen molar-refractivity contribution in [2.75, 3.05) is 12.4 Å². The third kappa shape index (κ3) is 4.27. The van der Waals surface area contributed by atoms with Gasteiger partial charge in [-0.25, -0.2) is 0 Å². The normalized spacial score (nSPS) is 21.6. The summed E-state index contributed by atoms with van der Waals surface area (Å²) in [5, 5.41) is 12.9. The number of rotatable bonds is 5. The number of hydrogen-bond donors (Lipinski definition) is 1. The Bertz CT molecular complexity index is 1220. The van der Waals surface area contributed by atoms with Gasteiger partial charge in [0.1, 0.15) is 9.87 Å². The maximum atomic E-state index is 13.0. The van der Waals surface area contributed by atoms with E-state index in [0.29, 0.717) is 24.1 Å². The lowest BCUT2D eigenvalue weighted by Gasteiger charge is -2.23. The molecule has 2 saturated carbocycles. The lowest BCUT2D eigenvalue weighted by molar-refractivity contribution is -0.117. The summed E-state index contributed by atoms with van der Waals surface area (Å²) in [6.45, 7) is 0. The molecule has 2 amide bonds. The molecule has 1 N–H and O–H groups in total. The van der Waals surface area contributed by atoms with E-state index >= 15 is 0 Å². The van der Waals surface area contributed by atoms with Gasteiger partial charge < -0.3 is 10.2 Å². The summed E-state index contributed by atoms with van der Waals surface area (Å²) in [6, 6.07) is 9.87. The molecule has 0 bridgehead atoms. The Morgan fingerprint density at radius 3 is 2.30 bits per heavy atom. The maximum Gasteiger partial charge on any atom is 0.256 e. The maximum absolute atomic E-state index is 13.0. The minimum atomic E-state index is -1.40. The van der Waals surface area contributed by atoms with E-state index < -0.39 is 33.5 Å². The Hall–Kier alpha value is -1.39. The van der Waals surface area contributed by atoms with Crippen LogP contribution in [0.2, 0.25) is 20.1 Å². The fraction of sp³-hybridized carbons (Fsp3) is 0.318. The molecular weight excluding hydrogens is 551 g/mol. The average molecular weight is 566 g/mol. The molecule has 0 spiro atoms. The zero-order valence-corrected chi connectivity index (χ0v) is 21.5. The van der Waals surface area contributed by atoms with Crippen LogP contribution >= 0.6 is 69.6 Å². The van der Waals surface area contributed by atoms with E-state index in [2.05, 4.69) is 11.4 Å². The molecule has 2 aliphatic rings. The molecule has 2 aromatic carbocycles. The molecule has 11 heteroatoms. The van der Waals surface area contributed by atoms with Crippen molar-refractivity contribution >= 4 is 87.1 Å². The summed E-state index contributed by atoms with van der Waals surface area (Å²) in [6.07, 6.45) is 1.21. The fourth-order valence-corrected chi connectivity index (χ4v) is 5.49. The number of benzene rings is 2. The molecule has 0 radical (unpaired) electrons. The number of anilines is 1. The molecule has 2 unspecified atom stereocenters. The van der Waals surface area contributed by atoms with Crippen LogP contribution < -0.4 is 5.32 Å². The first-order valence-electron chi connectivity index (χ1n) is 9.75. The monoisotopic (exact) mass is 563 g/mol. The van der Waals surface area contributed by atoms with Crippen LogP contribution in [0.4, 0.5) is 5.69 Å². The highest BCUT2D eigenvalue weighted by Gasteiger charge is 2.68. The lowest BCUT2D eigenvalue weighted by atomic mass is 10.1. The van der Waals surface area contributed by atoms with Gasteiger partial charge in [-0.15, -0.1) is 23.2 Å². The average Bonchev–Trinajstić information content (AvgIpc) is 3.67. The molecule has 0 aliphatic heterocycles. The van der Waals surface area contributed by atoms with Crippen molar-refractivity contribution in [1.82, 2.24) is 4.90 Å². The second-order valence-corrected chi connectivity index (χ2v) is 11.1. The topological polar surface area (TPSA) is 73.2 Å². The number of carbonyl (C=O) groups excluding carboxylic acids is 2. The van der Waals surface area contributed by atoms with E-state index in [0.717, 1.165) is 0 Å². The minimum absolute atomic E-state index is 0.154. The highest BCUT2D eigenvalue weighted by Crippen LogP contribution is 2.66. The number of halogens is 6. The number of hydrogen-bond acceptors (Lipinski definition) is 3. The Labute approximate surface area is 220 Å². The number of nitrogens with zero attached hydrogens (tertiary/aromatic N) is 2. The number of nitrogens with one attached hydrogen (secondary N) is 1. The second-order valence-electron chi connectivity index (χ2n) is 8.09. The molecule has 172 valence electrons. The zero-order valence-electron chi connectivity index (χ0n) is 16.9. The van der Waals surface area contributed by atoms with Crippen molar-refractivity contribution in [1.29, 1.82) is 5.26 Å². The summed E-state index contributed by atoms with van der Waals surface area (Å²) in [5.41, 5.74) is 0.201. The van der Waals surface area contributed by atoms with Crippen LogP contribution in [0.25, 0.3) is 0 Å². The highest BCUT2D eigenvalue weighted by molar-refractivity contribution is 6.54. The van der Waals surface area contributed by atoms with Gasteiger partial charge >= 0.3 is 0 Å². The SMILES string of the molecule is CN(C(=O)c1cc(NC(=O)C2C(c3ccc(Cl)c(Cl)c3Cl)C2(Cl)Cl)ccc1Cl)C1(C#N)CC1. The smallest absolute Gasteiger partial charge is 0.256 e. The molecule has 2 fully saturated rings. The van der Waals surface area contributed by atoms with Crippen LogP contribution in [-0.4, -0.2) is 33.6 Å². The van der Waals surface area contributed by atoms with Gasteiger partial charge in [-0.2, -0.15) is 5.26 Å². The van der Waals surface area contributed by atoms with Gasteiger partial charge in [0.15, 0.2) is 0 Å². The summed E-state index contributed by atoms with van der Waals surface area (Å²) in [4.78, 5) is 27.3. The zero-order chi connectivity index (χ0) is 24.3. The largest absolute Gasteiger partial charge is 0.326 e. The van der Waals surface area contributed by atoms with Gasteiger partial charge in [0, 0.05) is 18.7 Å². The fourth-order valence-electron chi connectivity index (χ4n) is 3.82. The second kappa shape index (κ2) is 8.68. The molecule has 33 heavy (non-hydrogen) atoms. The Balaban J connectivity index is 1.55. The Kier molecular flexibility index (Phi) is 6.50. The minimum Gasteiger partial charge on any atom is -0.326 e. The van der Waals surface area contributed by atoms with Crippen LogP contribution in [0, 0.1) is 17.2 Å². The van der Waals surface area contributed by atoms with Gasteiger partial charge in [-0.1, -0.05) is 52.5 Å². The summed E-state index contributed by atoms with van der Waals surface area (Å²) >= 11 is 37.5. The standard InChI is InChI=1S/C22H15Cl6N3O2/c1-31(21(9-29)6-7-21)20(33)12-8-10(2-4-13(12)23)30-19(32)16-15(22(16,27)28)11-3-5-14(24)18(26)17(11)25/h2-5,8,15-16H,6-7H2,1H3,(H,30,32). The summed E-state index contributed by atoms with van der Waals surface area (Å²) < 4.78 is -1.40. The first-order chi connectivity index (χ1) is 15.4. The predicted octanol–water partition coefficient (Wildman–Crippen LogP) is 6.95. The van der Waals surface area contributed by atoms with Crippen LogP contribution in [0.3, 0.4) is 0 Å². The number of alkyl halides is 2. The van der Waals surface area contributed by atoms with E-state index in [1.807, 2.05) is 0 Å². The summed E-state index contributed by atoms with van der Waals surface area (Å²) in [7, 11) is 1.56. The van der Waals surface area contributed by atoms with Crippen molar-refractivity contribution in [2.45, 2.75) is 28.6 Å². The van der Waals surface area contributed by atoms with Crippen LogP contribution in [-0.2, 0) is 4.79 Å². The van der Waals surface area contributed by atoms with Crippen molar-refractivity contribution in [3.8, 4) is 6.07 Å². The quantitative estimate of drug-likeness (QED) is 0.315. The molecule has 4 rings (SSSR count). The lowest BCUT2D eigenvalue weighted by Crippen LogP contribution is -2.38. The van der Waals surface area contributed by atoms with Crippen molar-refractivity contribution in [2.24, 2.45) is 5.92 Å². The molecule has 0 aromatic heterocycles. The molecule has 0 saturated heterocycles. The van der Waals surface area contributed by atoms with Gasteiger partial charge in [0.25, 0.3) is 5.91 Å². The van der Waals surface area contributed by atoms with Crippen LogP contribution in [0.5, 0.6) is 0 Å². The van der Waals surface area contributed by atoms with Gasteiger partial charge in [-0.05, 0) is 42.7 Å². The van der Waals surface area contributed by atoms with Gasteiger partial charge in [0.05, 0.1) is 37.6 Å². The molecule has 2 aromatic rings. The first kappa shape index (κ1) is 24.7. The van der Waals surface area contributed by atoms with E-state index in [1.165, 1.54) is 17.0 Å². The van der Waals surface area contributed by atoms with Crippen LogP contribution in [0.1, 0.15) is 34.7 Å². The van der Waals surface area contributed by atoms with E-state index in [9.17, 15) is 14.9 Å². The number of nitriles is 1. The predicted molar refractivity (Wildman–Crippen MR) is 132 cm³/mol. The van der Waals surface area contributed by atoms with Crippen molar-refractivity contribution < 1.29 is 9.59 Å². The third-order valence-electron chi connectivity index (χ3n) is 6.08. The van der Waals surface area contributed by atoms with Gasteiger partial charge in [0.2, 0.25) is 5.91 Å². The number of carbonyl (C=O) groups is 2. The first-order valence-corrected chi connectivity index (χ1v) is 12.0. The van der Waals surface area contributed by atoms with E-state index in [-0.39, 0.29) is 25.7 Å². The van der Waals surface area contributed by atoms with E-state index in [4.69, 9.17) is 69.6 Å². The Morgan fingerprint density at radius 1 is 1.06 bits per heavy atom. The van der Waals surface area contributed by atoms with Crippen LogP contribution in [0.15, 0.2) is 30.3 Å². The number of amides is 2. The molecule has 0 heterocycles. The van der Waals surface area contributed by atoms with Crippen molar-refractivity contribution in [3.05, 3.63) is 61.5 Å². The highest BCUT2D eigenvalue weighted by atomic mass is 35.5. The van der Waals surface area contributed by atoms with E-state index in [1.54, 1.807) is 25.2 Å². The third-order valence-corrected chi connectivity index (χ3v) is 8.66. The van der Waals surface area contributed by atoms with Crippen molar-refractivity contribution in [3.63, 3.8) is 0 Å². The molecule has 2 aliphatic carbocycles.